The third kappa shape index (κ3) is 5.23. The number of nitrogens with one attached hydrogen (secondary N) is 2. The minimum atomic E-state index is -0.197. The molecule has 0 aliphatic carbocycles. The molecule has 1 aromatic rings. The van der Waals surface area contributed by atoms with Crippen molar-refractivity contribution in [3.63, 3.8) is 0 Å². The molecule has 0 aliphatic rings. The first kappa shape index (κ1) is 14.6. The molecule has 0 atom stereocenters. The second-order valence-corrected chi connectivity index (χ2v) is 5.06. The van der Waals surface area contributed by atoms with Crippen LogP contribution in [0, 0.1) is 5.92 Å². The van der Waals surface area contributed by atoms with Crippen LogP contribution in [-0.2, 0) is 0 Å². The molecule has 0 aliphatic heterocycles. The van der Waals surface area contributed by atoms with E-state index >= 15 is 0 Å². The average Bonchev–Trinajstić information content (AvgIpc) is 2.34. The van der Waals surface area contributed by atoms with Gasteiger partial charge in [0, 0.05) is 16.3 Å². The Bertz CT molecular complexity index is 412. The van der Waals surface area contributed by atoms with Gasteiger partial charge in [-0.2, -0.15) is 0 Å². The van der Waals surface area contributed by atoms with Gasteiger partial charge in [0.2, 0.25) is 0 Å². The van der Waals surface area contributed by atoms with Gasteiger partial charge < -0.3 is 5.43 Å². The summed E-state index contributed by atoms with van der Waals surface area (Å²) in [7, 11) is 0. The van der Waals surface area contributed by atoms with Crippen LogP contribution in [0.4, 0.5) is 0 Å². The maximum atomic E-state index is 11.7. The van der Waals surface area contributed by atoms with Crippen LogP contribution in [0.25, 0.3) is 0 Å². The van der Waals surface area contributed by atoms with E-state index < -0.39 is 0 Å². The van der Waals surface area contributed by atoms with E-state index in [-0.39, 0.29) is 5.91 Å². The molecule has 1 amide bonds. The van der Waals surface area contributed by atoms with E-state index in [9.17, 15) is 4.79 Å². The first-order valence-electron chi connectivity index (χ1n) is 5.98. The fraction of sp³-hybridized carbons (Fsp3) is 0.357. The molecule has 0 saturated carbocycles. The van der Waals surface area contributed by atoms with E-state index in [2.05, 4.69) is 31.3 Å². The highest BCUT2D eigenvalue weighted by molar-refractivity contribution is 6.30. The number of amides is 1. The lowest BCUT2D eigenvalue weighted by Crippen LogP contribution is -2.36. The van der Waals surface area contributed by atoms with Gasteiger partial charge in [0.1, 0.15) is 0 Å². The standard InChI is InChI=1S/C14H19ClN2O/c1-10(2)4-5-11(3)16-17-14(18)12-6-8-13(15)9-7-12/h6-10,16H,3-5H2,1-2H3,(H,17,18). The molecule has 0 aromatic heterocycles. The van der Waals surface area contributed by atoms with Gasteiger partial charge in [-0.25, -0.2) is 0 Å². The predicted molar refractivity (Wildman–Crippen MR) is 75.3 cm³/mol. The van der Waals surface area contributed by atoms with Crippen molar-refractivity contribution in [1.82, 2.24) is 10.9 Å². The Morgan fingerprint density at radius 1 is 1.28 bits per heavy atom. The Morgan fingerprint density at radius 2 is 1.89 bits per heavy atom. The van der Waals surface area contributed by atoms with E-state index in [0.29, 0.717) is 16.5 Å². The normalized spacial score (nSPS) is 10.2. The molecule has 0 saturated heterocycles. The van der Waals surface area contributed by atoms with Gasteiger partial charge in [-0.05, 0) is 43.0 Å². The number of carbonyl (C=O) groups is 1. The van der Waals surface area contributed by atoms with Gasteiger partial charge in [0.25, 0.3) is 5.91 Å². The number of benzene rings is 1. The quantitative estimate of drug-likeness (QED) is 0.774. The zero-order valence-corrected chi connectivity index (χ0v) is 11.6. The molecular weight excluding hydrogens is 248 g/mol. The third-order valence-electron chi connectivity index (χ3n) is 2.48. The molecule has 4 heteroatoms. The Balaban J connectivity index is 2.37. The Hall–Kier alpha value is -1.48. The lowest BCUT2D eigenvalue weighted by Gasteiger charge is -2.12. The monoisotopic (exact) mass is 266 g/mol. The van der Waals surface area contributed by atoms with E-state index in [0.717, 1.165) is 18.5 Å². The molecule has 2 N–H and O–H groups in total. The summed E-state index contributed by atoms with van der Waals surface area (Å²) in [6.45, 7) is 8.16. The number of carbonyl (C=O) groups excluding carboxylic acids is 1. The maximum absolute atomic E-state index is 11.7. The van der Waals surface area contributed by atoms with Gasteiger partial charge in [-0.1, -0.05) is 32.0 Å². The molecule has 0 heterocycles. The fourth-order valence-corrected chi connectivity index (χ4v) is 1.47. The first-order valence-corrected chi connectivity index (χ1v) is 6.36. The maximum Gasteiger partial charge on any atom is 0.269 e. The summed E-state index contributed by atoms with van der Waals surface area (Å²) in [5.74, 6) is 0.424. The summed E-state index contributed by atoms with van der Waals surface area (Å²) in [5, 5.41) is 0.612. The zero-order chi connectivity index (χ0) is 13.5. The van der Waals surface area contributed by atoms with Crippen molar-refractivity contribution in [2.24, 2.45) is 5.92 Å². The smallest absolute Gasteiger partial charge is 0.269 e. The highest BCUT2D eigenvalue weighted by atomic mass is 35.5. The van der Waals surface area contributed by atoms with E-state index in [1.54, 1.807) is 24.3 Å². The highest BCUT2D eigenvalue weighted by Gasteiger charge is 2.05. The topological polar surface area (TPSA) is 41.1 Å². The number of allylic oxidation sites excluding steroid dienone is 1. The predicted octanol–water partition coefficient (Wildman–Crippen LogP) is 3.52. The van der Waals surface area contributed by atoms with Crippen molar-refractivity contribution in [3.8, 4) is 0 Å². The molecule has 0 radical (unpaired) electrons. The lowest BCUT2D eigenvalue weighted by atomic mass is 10.1. The van der Waals surface area contributed by atoms with Crippen molar-refractivity contribution < 1.29 is 4.79 Å². The van der Waals surface area contributed by atoms with E-state index in [4.69, 9.17) is 11.6 Å². The molecule has 98 valence electrons. The van der Waals surface area contributed by atoms with Crippen LogP contribution in [0.3, 0.4) is 0 Å². The summed E-state index contributed by atoms with van der Waals surface area (Å²) < 4.78 is 0. The molecular formula is C14H19ClN2O. The van der Waals surface area contributed by atoms with Gasteiger partial charge >= 0.3 is 0 Å². The summed E-state index contributed by atoms with van der Waals surface area (Å²) in [4.78, 5) is 11.7. The molecule has 0 spiro atoms. The molecule has 1 rings (SSSR count). The number of rotatable bonds is 6. The highest BCUT2D eigenvalue weighted by Crippen LogP contribution is 2.09. The van der Waals surface area contributed by atoms with Gasteiger partial charge in [-0.15, -0.1) is 0 Å². The Morgan fingerprint density at radius 3 is 2.44 bits per heavy atom. The van der Waals surface area contributed by atoms with Crippen LogP contribution in [0.2, 0.25) is 5.02 Å². The summed E-state index contributed by atoms with van der Waals surface area (Å²) in [6.07, 6.45) is 1.89. The summed E-state index contributed by atoms with van der Waals surface area (Å²) >= 11 is 5.75. The van der Waals surface area contributed by atoms with Crippen molar-refractivity contribution in [2.45, 2.75) is 26.7 Å². The van der Waals surface area contributed by atoms with Crippen molar-refractivity contribution in [1.29, 1.82) is 0 Å². The van der Waals surface area contributed by atoms with Crippen LogP contribution in [-0.4, -0.2) is 5.91 Å². The summed E-state index contributed by atoms with van der Waals surface area (Å²) in [6, 6.07) is 6.72. The lowest BCUT2D eigenvalue weighted by molar-refractivity contribution is 0.0938. The molecule has 0 fully saturated rings. The SMILES string of the molecule is C=C(CCC(C)C)NNC(=O)c1ccc(Cl)cc1. The van der Waals surface area contributed by atoms with Crippen LogP contribution in [0.5, 0.6) is 0 Å². The van der Waals surface area contributed by atoms with Crippen molar-refractivity contribution in [2.75, 3.05) is 0 Å². The minimum absolute atomic E-state index is 0.197. The second-order valence-electron chi connectivity index (χ2n) is 4.62. The molecule has 0 bridgehead atoms. The number of hydrazine groups is 1. The molecule has 1 aromatic carbocycles. The first-order chi connectivity index (χ1) is 8.49. The van der Waals surface area contributed by atoms with Gasteiger partial charge in [0.05, 0.1) is 0 Å². The zero-order valence-electron chi connectivity index (χ0n) is 10.8. The second kappa shape index (κ2) is 7.07. The fourth-order valence-electron chi connectivity index (χ4n) is 1.34. The van der Waals surface area contributed by atoms with E-state index in [1.165, 1.54) is 0 Å². The van der Waals surface area contributed by atoms with Crippen LogP contribution in [0.15, 0.2) is 36.5 Å². The number of halogens is 1. The largest absolute Gasteiger partial charge is 0.303 e. The number of hydrogen-bond donors (Lipinski definition) is 2. The van der Waals surface area contributed by atoms with Crippen LogP contribution < -0.4 is 10.9 Å². The van der Waals surface area contributed by atoms with Crippen LogP contribution >= 0.6 is 11.6 Å². The van der Waals surface area contributed by atoms with Crippen molar-refractivity contribution in [3.05, 3.63) is 47.1 Å². The summed E-state index contributed by atoms with van der Waals surface area (Å²) in [5.41, 5.74) is 6.80. The minimum Gasteiger partial charge on any atom is -0.303 e. The number of hydrogen-bond acceptors (Lipinski definition) is 2. The van der Waals surface area contributed by atoms with Gasteiger partial charge in [-0.3, -0.25) is 10.2 Å². The Kier molecular flexibility index (Phi) is 5.72. The molecule has 3 nitrogen and oxygen atoms in total. The third-order valence-corrected chi connectivity index (χ3v) is 2.73. The van der Waals surface area contributed by atoms with E-state index in [1.807, 2.05) is 0 Å². The van der Waals surface area contributed by atoms with Gasteiger partial charge in [0.15, 0.2) is 0 Å². The van der Waals surface area contributed by atoms with Crippen molar-refractivity contribution >= 4 is 17.5 Å². The molecule has 0 unspecified atom stereocenters. The molecule has 18 heavy (non-hydrogen) atoms. The Labute approximate surface area is 113 Å². The van der Waals surface area contributed by atoms with Crippen LogP contribution in [0.1, 0.15) is 37.0 Å². The average molecular weight is 267 g/mol.